The molecule has 1 unspecified atom stereocenters. The lowest BCUT2D eigenvalue weighted by atomic mass is 10.2. The van der Waals surface area contributed by atoms with Gasteiger partial charge >= 0.3 is 0 Å². The number of sulfonamides is 1. The summed E-state index contributed by atoms with van der Waals surface area (Å²) < 4.78 is 31.7. The van der Waals surface area contributed by atoms with Gasteiger partial charge in [-0.2, -0.15) is 0 Å². The zero-order valence-corrected chi connectivity index (χ0v) is 13.2. The number of unbranched alkanes of at least 4 members (excludes halogenated alkanes) is 1. The molecule has 5 nitrogen and oxygen atoms in total. The summed E-state index contributed by atoms with van der Waals surface area (Å²) in [6.45, 7) is 5.73. The van der Waals surface area contributed by atoms with Gasteiger partial charge in [0.15, 0.2) is 0 Å². The molecule has 0 aliphatic carbocycles. The van der Waals surface area contributed by atoms with Crippen molar-refractivity contribution in [3.63, 3.8) is 0 Å². The Morgan fingerprint density at radius 2 is 2.15 bits per heavy atom. The van der Waals surface area contributed by atoms with Crippen LogP contribution in [-0.4, -0.2) is 33.3 Å². The minimum Gasteiger partial charge on any atom is -0.469 e. The van der Waals surface area contributed by atoms with Crippen molar-refractivity contribution < 1.29 is 12.8 Å². The van der Waals surface area contributed by atoms with Crippen molar-refractivity contribution in [3.05, 3.63) is 24.2 Å². The van der Waals surface area contributed by atoms with Crippen LogP contribution in [0.25, 0.3) is 0 Å². The van der Waals surface area contributed by atoms with Crippen LogP contribution in [-0.2, 0) is 16.4 Å². The summed E-state index contributed by atoms with van der Waals surface area (Å²) in [4.78, 5) is 0. The summed E-state index contributed by atoms with van der Waals surface area (Å²) >= 11 is 0. The van der Waals surface area contributed by atoms with E-state index in [1.807, 2.05) is 26.0 Å². The third-order valence-electron chi connectivity index (χ3n) is 3.05. The Labute approximate surface area is 122 Å². The lowest BCUT2D eigenvalue weighted by Gasteiger charge is -2.13. The molecule has 0 radical (unpaired) electrons. The quantitative estimate of drug-likeness (QED) is 0.613. The second-order valence-corrected chi connectivity index (χ2v) is 6.89. The normalized spacial score (nSPS) is 13.5. The van der Waals surface area contributed by atoms with E-state index >= 15 is 0 Å². The van der Waals surface area contributed by atoms with Gasteiger partial charge in [0.2, 0.25) is 10.0 Å². The van der Waals surface area contributed by atoms with Gasteiger partial charge in [-0.3, -0.25) is 0 Å². The minimum absolute atomic E-state index is 0.0705. The van der Waals surface area contributed by atoms with Crippen molar-refractivity contribution in [1.82, 2.24) is 10.0 Å². The van der Waals surface area contributed by atoms with Gasteiger partial charge < -0.3 is 9.73 Å². The van der Waals surface area contributed by atoms with Crippen LogP contribution in [0.5, 0.6) is 0 Å². The molecular formula is C14H26N2O3S. The van der Waals surface area contributed by atoms with Crippen LogP contribution >= 0.6 is 0 Å². The summed E-state index contributed by atoms with van der Waals surface area (Å²) in [6.07, 6.45) is 4.69. The van der Waals surface area contributed by atoms with E-state index in [0.29, 0.717) is 6.42 Å². The van der Waals surface area contributed by atoms with Crippen molar-refractivity contribution in [2.24, 2.45) is 0 Å². The highest BCUT2D eigenvalue weighted by Crippen LogP contribution is 2.07. The molecule has 0 amide bonds. The average molecular weight is 302 g/mol. The zero-order valence-electron chi connectivity index (χ0n) is 12.4. The number of hydrogen-bond donors (Lipinski definition) is 2. The van der Waals surface area contributed by atoms with E-state index in [0.717, 1.165) is 38.1 Å². The second kappa shape index (κ2) is 9.15. The molecule has 1 aromatic heterocycles. The van der Waals surface area contributed by atoms with Gasteiger partial charge in [0.05, 0.1) is 12.0 Å². The van der Waals surface area contributed by atoms with E-state index in [1.54, 1.807) is 6.26 Å². The smallest absolute Gasteiger partial charge is 0.211 e. The Bertz CT molecular complexity index is 443. The monoisotopic (exact) mass is 302 g/mol. The summed E-state index contributed by atoms with van der Waals surface area (Å²) in [5, 5.41) is 3.19. The van der Waals surface area contributed by atoms with Crippen LogP contribution in [0.4, 0.5) is 0 Å². The third kappa shape index (κ3) is 7.67. The van der Waals surface area contributed by atoms with E-state index in [-0.39, 0.29) is 11.8 Å². The number of furan rings is 1. The third-order valence-corrected chi connectivity index (χ3v) is 4.64. The molecule has 0 saturated heterocycles. The fraction of sp³-hybridized carbons (Fsp3) is 0.714. The van der Waals surface area contributed by atoms with E-state index in [1.165, 1.54) is 0 Å². The molecule has 0 fully saturated rings. The molecule has 0 bridgehead atoms. The van der Waals surface area contributed by atoms with Gasteiger partial charge in [0.25, 0.3) is 0 Å². The Kier molecular flexibility index (Phi) is 7.87. The van der Waals surface area contributed by atoms with Crippen molar-refractivity contribution in [1.29, 1.82) is 0 Å². The minimum atomic E-state index is -3.17. The second-order valence-electron chi connectivity index (χ2n) is 5.02. The molecule has 1 rings (SSSR count). The van der Waals surface area contributed by atoms with Crippen molar-refractivity contribution in [2.45, 2.75) is 45.6 Å². The molecule has 0 saturated carbocycles. The summed E-state index contributed by atoms with van der Waals surface area (Å²) in [5.41, 5.74) is 0. The SMILES string of the molecule is CCNCCCCS(=O)(=O)NC(C)CCc1ccco1. The Hall–Kier alpha value is -0.850. The number of hydrogen-bond acceptors (Lipinski definition) is 4. The molecule has 20 heavy (non-hydrogen) atoms. The van der Waals surface area contributed by atoms with Gasteiger partial charge in [0, 0.05) is 12.5 Å². The molecule has 6 heteroatoms. The number of rotatable bonds is 11. The topological polar surface area (TPSA) is 71.3 Å². The van der Waals surface area contributed by atoms with Gasteiger partial charge in [-0.25, -0.2) is 13.1 Å². The van der Waals surface area contributed by atoms with Crippen LogP contribution in [0, 0.1) is 0 Å². The molecular weight excluding hydrogens is 276 g/mol. The molecule has 0 aliphatic rings. The maximum atomic E-state index is 11.9. The van der Waals surface area contributed by atoms with Crippen LogP contribution < -0.4 is 10.0 Å². The maximum absolute atomic E-state index is 11.9. The fourth-order valence-corrected chi connectivity index (χ4v) is 3.39. The molecule has 1 aromatic rings. The lowest BCUT2D eigenvalue weighted by molar-refractivity contribution is 0.479. The van der Waals surface area contributed by atoms with Crippen LogP contribution in [0.15, 0.2) is 22.8 Å². The standard InChI is InChI=1S/C14H26N2O3S/c1-3-15-10-4-5-12-20(17,18)16-13(2)8-9-14-7-6-11-19-14/h6-7,11,13,15-16H,3-5,8-10,12H2,1-2H3. The first-order valence-electron chi connectivity index (χ1n) is 7.26. The van der Waals surface area contributed by atoms with Crippen LogP contribution in [0.1, 0.15) is 38.9 Å². The van der Waals surface area contributed by atoms with Gasteiger partial charge in [-0.15, -0.1) is 0 Å². The zero-order chi connectivity index (χ0) is 14.8. The Balaban J connectivity index is 2.19. The van der Waals surface area contributed by atoms with Crippen molar-refractivity contribution in [2.75, 3.05) is 18.8 Å². The largest absolute Gasteiger partial charge is 0.469 e. The average Bonchev–Trinajstić information content (AvgIpc) is 2.88. The summed E-state index contributed by atoms with van der Waals surface area (Å²) in [7, 11) is -3.17. The highest BCUT2D eigenvalue weighted by molar-refractivity contribution is 7.89. The number of aryl methyl sites for hydroxylation is 1. The lowest BCUT2D eigenvalue weighted by Crippen LogP contribution is -2.34. The molecule has 0 aliphatic heterocycles. The highest BCUT2D eigenvalue weighted by atomic mass is 32.2. The Morgan fingerprint density at radius 1 is 1.35 bits per heavy atom. The summed E-state index contributed by atoms with van der Waals surface area (Å²) in [6, 6.07) is 3.68. The van der Waals surface area contributed by atoms with E-state index < -0.39 is 10.0 Å². The van der Waals surface area contributed by atoms with E-state index in [4.69, 9.17) is 4.42 Å². The van der Waals surface area contributed by atoms with Gasteiger partial charge in [-0.1, -0.05) is 6.92 Å². The predicted octanol–water partition coefficient (Wildman–Crippen LogP) is 1.91. The first-order chi connectivity index (χ1) is 9.53. The van der Waals surface area contributed by atoms with Crippen LogP contribution in [0.3, 0.4) is 0 Å². The van der Waals surface area contributed by atoms with Crippen molar-refractivity contribution in [3.8, 4) is 0 Å². The molecule has 2 N–H and O–H groups in total. The molecule has 1 atom stereocenters. The molecule has 0 spiro atoms. The predicted molar refractivity (Wildman–Crippen MR) is 81.2 cm³/mol. The maximum Gasteiger partial charge on any atom is 0.211 e. The number of nitrogens with one attached hydrogen (secondary N) is 2. The molecule has 116 valence electrons. The van der Waals surface area contributed by atoms with Gasteiger partial charge in [-0.05, 0) is 51.4 Å². The molecule has 0 aromatic carbocycles. The fourth-order valence-electron chi connectivity index (χ4n) is 1.96. The summed E-state index contributed by atoms with van der Waals surface area (Å²) in [5.74, 6) is 1.09. The van der Waals surface area contributed by atoms with Gasteiger partial charge in [0.1, 0.15) is 5.76 Å². The van der Waals surface area contributed by atoms with E-state index in [2.05, 4.69) is 10.0 Å². The Morgan fingerprint density at radius 3 is 2.80 bits per heavy atom. The first kappa shape index (κ1) is 17.2. The van der Waals surface area contributed by atoms with Crippen molar-refractivity contribution >= 4 is 10.0 Å². The van der Waals surface area contributed by atoms with Crippen LogP contribution in [0.2, 0.25) is 0 Å². The highest BCUT2D eigenvalue weighted by Gasteiger charge is 2.14. The van der Waals surface area contributed by atoms with E-state index in [9.17, 15) is 8.42 Å². The first-order valence-corrected chi connectivity index (χ1v) is 8.92. The molecule has 1 heterocycles.